The second kappa shape index (κ2) is 4.22. The summed E-state index contributed by atoms with van der Waals surface area (Å²) in [6, 6.07) is 7.77. The quantitative estimate of drug-likeness (QED) is 0.711. The molecule has 2 rings (SSSR count). The van der Waals surface area contributed by atoms with Crippen LogP contribution in [0, 0.1) is 0 Å². The normalized spacial score (nSPS) is 10.5. The van der Waals surface area contributed by atoms with Crippen molar-refractivity contribution in [1.29, 1.82) is 0 Å². The van der Waals surface area contributed by atoms with Gasteiger partial charge in [0.25, 0.3) is 0 Å². The van der Waals surface area contributed by atoms with Crippen molar-refractivity contribution in [3.63, 3.8) is 0 Å². The molecule has 0 atom stereocenters. The van der Waals surface area contributed by atoms with Gasteiger partial charge in [-0.05, 0) is 18.1 Å². The van der Waals surface area contributed by atoms with E-state index in [4.69, 9.17) is 0 Å². The summed E-state index contributed by atoms with van der Waals surface area (Å²) in [5, 5.41) is 0.957. The molecule has 0 saturated heterocycles. The van der Waals surface area contributed by atoms with Crippen LogP contribution in [0.3, 0.4) is 0 Å². The number of nitrogens with zero attached hydrogens (tertiary/aromatic N) is 1. The van der Waals surface area contributed by atoms with E-state index < -0.39 is 0 Å². The third kappa shape index (κ3) is 1.75. The van der Waals surface area contributed by atoms with Crippen molar-refractivity contribution in [1.82, 2.24) is 4.98 Å². The Morgan fingerprint density at radius 1 is 1.33 bits per heavy atom. The molecule has 0 unspecified atom stereocenters. The van der Waals surface area contributed by atoms with Crippen LogP contribution in [0.4, 0.5) is 0 Å². The maximum Gasteiger partial charge on any atom is 0.150 e. The van der Waals surface area contributed by atoms with Crippen LogP contribution < -0.4 is 0 Å². The van der Waals surface area contributed by atoms with E-state index in [2.05, 4.69) is 18.0 Å². The second-order valence-electron chi connectivity index (χ2n) is 3.58. The molecule has 0 saturated carbocycles. The number of fused-ring (bicyclic) bond motifs is 1. The van der Waals surface area contributed by atoms with Gasteiger partial charge in [0, 0.05) is 17.1 Å². The molecule has 1 aromatic heterocycles. The molecule has 0 spiro atoms. The van der Waals surface area contributed by atoms with Crippen molar-refractivity contribution in [2.45, 2.75) is 19.8 Å². The largest absolute Gasteiger partial charge is 0.298 e. The molecule has 0 aliphatic rings. The number of hydrogen-bond acceptors (Lipinski definition) is 2. The smallest absolute Gasteiger partial charge is 0.150 e. The molecular weight excluding hydrogens is 186 g/mol. The summed E-state index contributed by atoms with van der Waals surface area (Å²) < 4.78 is 0. The fraction of sp³-hybridized carbons (Fsp3) is 0.231. The van der Waals surface area contributed by atoms with Gasteiger partial charge in [0.05, 0.1) is 5.52 Å². The van der Waals surface area contributed by atoms with E-state index in [1.54, 1.807) is 12.3 Å². The monoisotopic (exact) mass is 199 g/mol. The second-order valence-corrected chi connectivity index (χ2v) is 3.58. The molecular formula is C13H13NO. The lowest BCUT2D eigenvalue weighted by Gasteiger charge is -2.05. The van der Waals surface area contributed by atoms with Crippen molar-refractivity contribution in [2.75, 3.05) is 0 Å². The molecule has 2 heteroatoms. The van der Waals surface area contributed by atoms with Gasteiger partial charge >= 0.3 is 0 Å². The standard InChI is InChI=1S/C13H13NO/c1-2-4-10-5-3-6-12-11(9-15)7-8-14-13(10)12/h3,5-9H,2,4H2,1H3. The summed E-state index contributed by atoms with van der Waals surface area (Å²) in [5.41, 5.74) is 2.90. The first-order valence-electron chi connectivity index (χ1n) is 5.18. The minimum absolute atomic E-state index is 0.720. The van der Waals surface area contributed by atoms with Crippen molar-refractivity contribution in [2.24, 2.45) is 0 Å². The average molecular weight is 199 g/mol. The molecule has 2 nitrogen and oxygen atoms in total. The maximum atomic E-state index is 10.9. The number of para-hydroxylation sites is 1. The Morgan fingerprint density at radius 2 is 2.20 bits per heavy atom. The lowest BCUT2D eigenvalue weighted by molar-refractivity contribution is 0.112. The first-order chi connectivity index (χ1) is 7.36. The molecule has 0 N–H and O–H groups in total. The maximum absolute atomic E-state index is 10.9. The minimum atomic E-state index is 0.720. The first kappa shape index (κ1) is 9.84. The number of rotatable bonds is 3. The summed E-state index contributed by atoms with van der Waals surface area (Å²) in [6.07, 6.45) is 4.68. The van der Waals surface area contributed by atoms with Crippen LogP contribution in [0.5, 0.6) is 0 Å². The average Bonchev–Trinajstić information content (AvgIpc) is 2.29. The molecule has 76 valence electrons. The highest BCUT2D eigenvalue weighted by Gasteiger charge is 2.04. The Bertz CT molecular complexity index is 491. The van der Waals surface area contributed by atoms with Crippen molar-refractivity contribution in [3.05, 3.63) is 41.6 Å². The van der Waals surface area contributed by atoms with Gasteiger partial charge in [-0.1, -0.05) is 31.5 Å². The molecule has 0 radical (unpaired) electrons. The Balaban J connectivity index is 2.70. The minimum Gasteiger partial charge on any atom is -0.298 e. The SMILES string of the molecule is CCCc1cccc2c(C=O)ccnc12. The Morgan fingerprint density at radius 3 is 2.93 bits per heavy atom. The summed E-state index contributed by atoms with van der Waals surface area (Å²) in [4.78, 5) is 15.2. The van der Waals surface area contributed by atoms with Crippen LogP contribution in [0.25, 0.3) is 10.9 Å². The third-order valence-electron chi connectivity index (χ3n) is 2.53. The van der Waals surface area contributed by atoms with Crippen LogP contribution >= 0.6 is 0 Å². The van der Waals surface area contributed by atoms with Crippen molar-refractivity contribution < 1.29 is 4.79 Å². The molecule has 1 aromatic carbocycles. The summed E-state index contributed by atoms with van der Waals surface area (Å²) in [5.74, 6) is 0. The van der Waals surface area contributed by atoms with Crippen LogP contribution in [0.2, 0.25) is 0 Å². The summed E-state index contributed by atoms with van der Waals surface area (Å²) in [6.45, 7) is 2.14. The van der Waals surface area contributed by atoms with Gasteiger partial charge < -0.3 is 0 Å². The zero-order chi connectivity index (χ0) is 10.7. The molecule has 0 fully saturated rings. The number of carbonyl (C=O) groups excluding carboxylic acids is 1. The molecule has 15 heavy (non-hydrogen) atoms. The predicted octanol–water partition coefficient (Wildman–Crippen LogP) is 3.00. The van der Waals surface area contributed by atoms with E-state index >= 15 is 0 Å². The number of aldehydes is 1. The lowest BCUT2D eigenvalue weighted by atomic mass is 10.0. The highest BCUT2D eigenvalue weighted by molar-refractivity contribution is 5.97. The van der Waals surface area contributed by atoms with Gasteiger partial charge in [0.15, 0.2) is 6.29 Å². The van der Waals surface area contributed by atoms with Gasteiger partial charge in [-0.25, -0.2) is 0 Å². The predicted molar refractivity (Wildman–Crippen MR) is 61.1 cm³/mol. The van der Waals surface area contributed by atoms with E-state index in [9.17, 15) is 4.79 Å². The Kier molecular flexibility index (Phi) is 2.77. The van der Waals surface area contributed by atoms with Crippen molar-refractivity contribution in [3.8, 4) is 0 Å². The zero-order valence-corrected chi connectivity index (χ0v) is 8.73. The van der Waals surface area contributed by atoms with E-state index in [0.29, 0.717) is 0 Å². The Hall–Kier alpha value is -1.70. The molecule has 2 aromatic rings. The number of aryl methyl sites for hydroxylation is 1. The van der Waals surface area contributed by atoms with Crippen molar-refractivity contribution >= 4 is 17.2 Å². The summed E-state index contributed by atoms with van der Waals surface area (Å²) in [7, 11) is 0. The molecule has 0 bridgehead atoms. The first-order valence-corrected chi connectivity index (χ1v) is 5.18. The molecule has 0 aliphatic carbocycles. The van der Waals surface area contributed by atoms with Gasteiger partial charge in [0.2, 0.25) is 0 Å². The third-order valence-corrected chi connectivity index (χ3v) is 2.53. The molecule has 0 aliphatic heterocycles. The highest BCUT2D eigenvalue weighted by Crippen LogP contribution is 2.20. The van der Waals surface area contributed by atoms with E-state index in [1.165, 1.54) is 5.56 Å². The summed E-state index contributed by atoms with van der Waals surface area (Å²) >= 11 is 0. The zero-order valence-electron chi connectivity index (χ0n) is 8.73. The number of pyridine rings is 1. The number of benzene rings is 1. The van der Waals surface area contributed by atoms with Gasteiger partial charge in [-0.15, -0.1) is 0 Å². The van der Waals surface area contributed by atoms with Crippen LogP contribution in [-0.4, -0.2) is 11.3 Å². The van der Waals surface area contributed by atoms with Gasteiger partial charge in [-0.3, -0.25) is 9.78 Å². The van der Waals surface area contributed by atoms with E-state index in [1.807, 2.05) is 12.1 Å². The highest BCUT2D eigenvalue weighted by atomic mass is 16.1. The molecule has 0 amide bonds. The topological polar surface area (TPSA) is 30.0 Å². The fourth-order valence-electron chi connectivity index (χ4n) is 1.83. The van der Waals surface area contributed by atoms with E-state index in [0.717, 1.165) is 35.6 Å². The number of aromatic nitrogens is 1. The van der Waals surface area contributed by atoms with Gasteiger partial charge in [0.1, 0.15) is 0 Å². The number of carbonyl (C=O) groups is 1. The Labute approximate surface area is 89.0 Å². The van der Waals surface area contributed by atoms with Crippen LogP contribution in [0.15, 0.2) is 30.5 Å². The molecule has 1 heterocycles. The van der Waals surface area contributed by atoms with E-state index in [-0.39, 0.29) is 0 Å². The fourth-order valence-corrected chi connectivity index (χ4v) is 1.83. The van der Waals surface area contributed by atoms with Gasteiger partial charge in [-0.2, -0.15) is 0 Å². The number of hydrogen-bond donors (Lipinski definition) is 0. The van der Waals surface area contributed by atoms with Crippen LogP contribution in [-0.2, 0) is 6.42 Å². The van der Waals surface area contributed by atoms with Crippen LogP contribution in [0.1, 0.15) is 29.3 Å². The lowest BCUT2D eigenvalue weighted by Crippen LogP contribution is -1.92.